The molecular weight excluding hydrogens is 326 g/mol. The summed E-state index contributed by atoms with van der Waals surface area (Å²) in [5, 5.41) is 0. The maximum atomic E-state index is 12.5. The second-order valence-corrected chi connectivity index (χ2v) is 7.99. The Kier molecular flexibility index (Phi) is 5.93. The second-order valence-electron chi connectivity index (χ2n) is 5.22. The summed E-state index contributed by atoms with van der Waals surface area (Å²) in [6, 6.07) is 6.84. The summed E-state index contributed by atoms with van der Waals surface area (Å²) < 4.78 is 49.7. The van der Waals surface area contributed by atoms with E-state index >= 15 is 0 Å². The molecule has 1 aliphatic rings. The molecule has 0 bridgehead atoms. The molecule has 0 amide bonds. The third-order valence-corrected chi connectivity index (χ3v) is 6.05. The molecule has 0 aromatic heterocycles. The molecule has 1 aliphatic heterocycles. The molecule has 1 aromatic carbocycles. The minimum Gasteiger partial charge on any atom is -0.299 e. The third-order valence-electron chi connectivity index (χ3n) is 3.66. The summed E-state index contributed by atoms with van der Waals surface area (Å²) >= 11 is 0. The van der Waals surface area contributed by atoms with Crippen molar-refractivity contribution in [2.75, 3.05) is 39.3 Å². The predicted octanol–water partition coefficient (Wildman–Crippen LogP) is -0.583. The van der Waals surface area contributed by atoms with Crippen LogP contribution in [0.25, 0.3) is 0 Å². The fourth-order valence-electron chi connectivity index (χ4n) is 2.35. The molecule has 1 saturated heterocycles. The average Bonchev–Trinajstić information content (AvgIpc) is 2.48. The first-order valence-electron chi connectivity index (χ1n) is 7.06. The highest BCUT2D eigenvalue weighted by Crippen LogP contribution is 2.17. The van der Waals surface area contributed by atoms with Gasteiger partial charge in [-0.3, -0.25) is 4.90 Å². The van der Waals surface area contributed by atoms with Gasteiger partial charge in [0.2, 0.25) is 20.9 Å². The number of piperazine rings is 1. The van der Waals surface area contributed by atoms with Gasteiger partial charge in [0.1, 0.15) is 0 Å². The smallest absolute Gasteiger partial charge is 0.243 e. The van der Waals surface area contributed by atoms with Gasteiger partial charge in [0.25, 0.3) is 0 Å². The molecule has 0 saturated carbocycles. The van der Waals surface area contributed by atoms with Gasteiger partial charge < -0.3 is 0 Å². The number of sulfonamides is 1. The molecule has 0 spiro atoms. The van der Waals surface area contributed by atoms with Crippen molar-refractivity contribution in [1.29, 1.82) is 0 Å². The Labute approximate surface area is 133 Å². The fourth-order valence-corrected chi connectivity index (χ4v) is 4.06. The lowest BCUT2D eigenvalue weighted by Gasteiger charge is -2.33. The van der Waals surface area contributed by atoms with Gasteiger partial charge in [-0.25, -0.2) is 21.6 Å². The van der Waals surface area contributed by atoms with Crippen molar-refractivity contribution >= 4 is 20.9 Å². The van der Waals surface area contributed by atoms with Crippen molar-refractivity contribution in [3.8, 4) is 0 Å². The molecule has 2 rings (SSSR count). The molecule has 1 N–H and O–H groups in total. The first kappa shape index (κ1) is 17.4. The average molecular weight is 347 g/mol. The summed E-state index contributed by atoms with van der Waals surface area (Å²) in [7, 11) is -6.01. The highest BCUT2D eigenvalue weighted by molar-refractivity contribution is 7.89. The van der Waals surface area contributed by atoms with Gasteiger partial charge in [-0.15, -0.1) is 0 Å². The van der Waals surface area contributed by atoms with Crippen molar-refractivity contribution in [1.82, 2.24) is 13.9 Å². The Hall–Kier alpha value is -1.00. The predicted molar refractivity (Wildman–Crippen MR) is 84.7 cm³/mol. The number of benzene rings is 1. The maximum absolute atomic E-state index is 12.5. The Morgan fingerprint density at radius 3 is 2.23 bits per heavy atom. The van der Waals surface area contributed by atoms with Crippen LogP contribution in [-0.4, -0.2) is 65.3 Å². The molecule has 1 fully saturated rings. The van der Waals surface area contributed by atoms with Gasteiger partial charge in [-0.1, -0.05) is 17.7 Å². The normalized spacial score (nSPS) is 17.9. The number of hydrogen-bond donors (Lipinski definition) is 2. The Balaban J connectivity index is 1.91. The Bertz CT molecular complexity index is 655. The highest BCUT2D eigenvalue weighted by Gasteiger charge is 2.28. The van der Waals surface area contributed by atoms with Crippen LogP contribution in [0.2, 0.25) is 0 Å². The van der Waals surface area contributed by atoms with Gasteiger partial charge in [-0.05, 0) is 19.1 Å². The number of thiol groups is 1. The van der Waals surface area contributed by atoms with Gasteiger partial charge in [0.15, 0.2) is 0 Å². The standard InChI is InChI=1S/C13H21N3O4S2/c1-12-2-4-13(5-3-12)22(19,20)16-10-8-15(9-11-16)7-6-14-21(17)18/h2-5,21H,6-11H2,1H3,(H,14,17,18). The summed E-state index contributed by atoms with van der Waals surface area (Å²) in [6.45, 7) is 4.88. The van der Waals surface area contributed by atoms with Crippen molar-refractivity contribution in [3.05, 3.63) is 29.8 Å². The first-order valence-corrected chi connectivity index (χ1v) is 9.68. The van der Waals surface area contributed by atoms with E-state index in [0.29, 0.717) is 44.2 Å². The molecule has 7 nitrogen and oxygen atoms in total. The van der Waals surface area contributed by atoms with Crippen LogP contribution in [0.15, 0.2) is 29.2 Å². The number of nitrogens with one attached hydrogen (secondary N) is 1. The van der Waals surface area contributed by atoms with Crippen LogP contribution in [0.3, 0.4) is 0 Å². The second kappa shape index (κ2) is 7.51. The lowest BCUT2D eigenvalue weighted by atomic mass is 10.2. The molecule has 9 heteroatoms. The molecule has 1 heterocycles. The highest BCUT2D eigenvalue weighted by atomic mass is 32.2. The number of rotatable bonds is 6. The third kappa shape index (κ3) is 4.50. The summed E-state index contributed by atoms with van der Waals surface area (Å²) in [5.74, 6) is 0. The summed E-state index contributed by atoms with van der Waals surface area (Å²) in [6.07, 6.45) is 0. The van der Waals surface area contributed by atoms with E-state index in [2.05, 4.69) is 4.72 Å². The van der Waals surface area contributed by atoms with Crippen molar-refractivity contribution in [2.24, 2.45) is 0 Å². The molecule has 1 aromatic rings. The van der Waals surface area contributed by atoms with Crippen molar-refractivity contribution < 1.29 is 16.8 Å². The van der Waals surface area contributed by atoms with E-state index in [1.807, 2.05) is 11.8 Å². The number of hydrogen-bond acceptors (Lipinski definition) is 5. The largest absolute Gasteiger partial charge is 0.299 e. The van der Waals surface area contributed by atoms with Crippen molar-refractivity contribution in [2.45, 2.75) is 11.8 Å². The van der Waals surface area contributed by atoms with E-state index in [1.165, 1.54) is 4.31 Å². The molecule has 0 aliphatic carbocycles. The van der Waals surface area contributed by atoms with Gasteiger partial charge in [0, 0.05) is 39.3 Å². The number of nitrogens with zero attached hydrogens (tertiary/aromatic N) is 2. The summed E-state index contributed by atoms with van der Waals surface area (Å²) in [5.41, 5.74) is 1.02. The van der Waals surface area contributed by atoms with Crippen LogP contribution in [0.4, 0.5) is 0 Å². The fraction of sp³-hybridized carbons (Fsp3) is 0.538. The van der Waals surface area contributed by atoms with E-state index in [1.54, 1.807) is 24.3 Å². The van der Waals surface area contributed by atoms with Crippen LogP contribution in [0, 0.1) is 6.92 Å². The first-order chi connectivity index (χ1) is 10.4. The summed E-state index contributed by atoms with van der Waals surface area (Å²) in [4.78, 5) is 2.36. The van der Waals surface area contributed by atoms with Crippen LogP contribution < -0.4 is 4.72 Å². The minimum atomic E-state index is -3.44. The Morgan fingerprint density at radius 2 is 1.68 bits per heavy atom. The SMILES string of the molecule is Cc1ccc(S(=O)(=O)N2CCN(CCN[SH](=O)=O)CC2)cc1. The van der Waals surface area contributed by atoms with E-state index in [9.17, 15) is 16.8 Å². The molecule has 0 unspecified atom stereocenters. The van der Waals surface area contributed by atoms with Crippen LogP contribution in [0.5, 0.6) is 0 Å². The van der Waals surface area contributed by atoms with Crippen molar-refractivity contribution in [3.63, 3.8) is 0 Å². The zero-order valence-corrected chi connectivity index (χ0v) is 14.1. The minimum absolute atomic E-state index is 0.316. The topological polar surface area (TPSA) is 86.8 Å². The van der Waals surface area contributed by atoms with Gasteiger partial charge in [-0.2, -0.15) is 4.31 Å². The number of aryl methyl sites for hydroxylation is 1. The van der Waals surface area contributed by atoms with E-state index in [-0.39, 0.29) is 0 Å². The van der Waals surface area contributed by atoms with Crippen LogP contribution in [-0.2, 0) is 20.9 Å². The van der Waals surface area contributed by atoms with Crippen LogP contribution in [0.1, 0.15) is 5.56 Å². The zero-order valence-electron chi connectivity index (χ0n) is 12.4. The lowest BCUT2D eigenvalue weighted by Crippen LogP contribution is -2.49. The zero-order chi connectivity index (χ0) is 16.2. The Morgan fingerprint density at radius 1 is 1.09 bits per heavy atom. The molecule has 22 heavy (non-hydrogen) atoms. The van der Waals surface area contributed by atoms with Gasteiger partial charge in [0.05, 0.1) is 4.90 Å². The quantitative estimate of drug-likeness (QED) is 0.672. The van der Waals surface area contributed by atoms with Gasteiger partial charge >= 0.3 is 0 Å². The molecule has 0 atom stereocenters. The lowest BCUT2D eigenvalue weighted by molar-refractivity contribution is 0.191. The van der Waals surface area contributed by atoms with E-state index in [4.69, 9.17) is 0 Å². The molecular formula is C13H21N3O4S2. The van der Waals surface area contributed by atoms with E-state index < -0.39 is 20.9 Å². The molecule has 124 valence electrons. The maximum Gasteiger partial charge on any atom is 0.243 e. The monoisotopic (exact) mass is 347 g/mol. The molecule has 0 radical (unpaired) electrons. The van der Waals surface area contributed by atoms with Crippen LogP contribution >= 0.6 is 0 Å². The van der Waals surface area contributed by atoms with E-state index in [0.717, 1.165) is 5.56 Å².